The molecule has 0 saturated carbocycles. The summed E-state index contributed by atoms with van der Waals surface area (Å²) in [6.45, 7) is 0. The fourth-order valence-electron chi connectivity index (χ4n) is 2.71. The van der Waals surface area contributed by atoms with Crippen molar-refractivity contribution in [2.75, 3.05) is 14.2 Å². The van der Waals surface area contributed by atoms with Gasteiger partial charge in [-0.05, 0) is 34.1 Å². The SMILES string of the molecule is COc1cccc(OC)c1-c1c(Br)c2ccccc2n1C. The van der Waals surface area contributed by atoms with Gasteiger partial charge in [0.2, 0.25) is 0 Å². The number of aromatic nitrogens is 1. The van der Waals surface area contributed by atoms with Crippen LogP contribution in [0.2, 0.25) is 0 Å². The first-order valence-electron chi connectivity index (χ1n) is 6.63. The van der Waals surface area contributed by atoms with Crippen LogP contribution >= 0.6 is 15.9 Å². The van der Waals surface area contributed by atoms with Crippen LogP contribution < -0.4 is 9.47 Å². The van der Waals surface area contributed by atoms with E-state index in [1.54, 1.807) is 14.2 Å². The van der Waals surface area contributed by atoms with E-state index in [0.29, 0.717) is 0 Å². The highest BCUT2D eigenvalue weighted by atomic mass is 79.9. The first-order valence-corrected chi connectivity index (χ1v) is 7.42. The fraction of sp³-hybridized carbons (Fsp3) is 0.176. The number of hydrogen-bond acceptors (Lipinski definition) is 2. The molecule has 1 aromatic heterocycles. The molecular formula is C17H16BrNO2. The van der Waals surface area contributed by atoms with Crippen LogP contribution in [0.3, 0.4) is 0 Å². The lowest BCUT2D eigenvalue weighted by Crippen LogP contribution is -1.98. The Hall–Kier alpha value is -1.94. The van der Waals surface area contributed by atoms with Crippen LogP contribution in [0.4, 0.5) is 0 Å². The predicted molar refractivity (Wildman–Crippen MR) is 89.2 cm³/mol. The Balaban J connectivity index is 2.41. The van der Waals surface area contributed by atoms with E-state index in [2.05, 4.69) is 32.6 Å². The molecule has 3 aromatic rings. The van der Waals surface area contributed by atoms with Gasteiger partial charge in [-0.3, -0.25) is 0 Å². The molecule has 4 heteroatoms. The van der Waals surface area contributed by atoms with Crippen molar-refractivity contribution >= 4 is 26.8 Å². The van der Waals surface area contributed by atoms with E-state index in [9.17, 15) is 0 Å². The Bertz CT molecular complexity index is 747. The van der Waals surface area contributed by atoms with Crippen molar-refractivity contribution in [3.05, 3.63) is 46.9 Å². The fourth-order valence-corrected chi connectivity index (χ4v) is 3.51. The Morgan fingerprint density at radius 2 is 1.52 bits per heavy atom. The summed E-state index contributed by atoms with van der Waals surface area (Å²) < 4.78 is 14.3. The number of halogens is 1. The molecule has 0 aliphatic carbocycles. The van der Waals surface area contributed by atoms with Crippen LogP contribution in [0, 0.1) is 0 Å². The normalized spacial score (nSPS) is 10.9. The van der Waals surface area contributed by atoms with Crippen molar-refractivity contribution in [2.45, 2.75) is 0 Å². The number of fused-ring (bicyclic) bond motifs is 1. The maximum absolute atomic E-state index is 5.53. The standard InChI is InChI=1S/C17H16BrNO2/c1-19-12-8-5-4-7-11(12)16(18)17(19)15-13(20-2)9-6-10-14(15)21-3/h4-10H,1-3H3. The largest absolute Gasteiger partial charge is 0.496 e. The van der Waals surface area contributed by atoms with E-state index in [4.69, 9.17) is 9.47 Å². The molecule has 0 saturated heterocycles. The molecule has 0 aliphatic rings. The topological polar surface area (TPSA) is 23.4 Å². The number of rotatable bonds is 3. The highest BCUT2D eigenvalue weighted by Gasteiger charge is 2.21. The summed E-state index contributed by atoms with van der Waals surface area (Å²) in [4.78, 5) is 0. The first kappa shape index (κ1) is 14.0. The molecule has 21 heavy (non-hydrogen) atoms. The van der Waals surface area contributed by atoms with Crippen molar-refractivity contribution in [3.63, 3.8) is 0 Å². The molecular weight excluding hydrogens is 330 g/mol. The van der Waals surface area contributed by atoms with E-state index in [1.165, 1.54) is 5.39 Å². The van der Waals surface area contributed by atoms with Crippen LogP contribution in [-0.4, -0.2) is 18.8 Å². The molecule has 108 valence electrons. The lowest BCUT2D eigenvalue weighted by molar-refractivity contribution is 0.397. The first-order chi connectivity index (χ1) is 10.2. The Labute approximate surface area is 132 Å². The van der Waals surface area contributed by atoms with Gasteiger partial charge in [0, 0.05) is 18.0 Å². The van der Waals surface area contributed by atoms with Crippen LogP contribution in [0.5, 0.6) is 11.5 Å². The van der Waals surface area contributed by atoms with E-state index in [0.717, 1.165) is 32.7 Å². The second-order valence-corrected chi connectivity index (χ2v) is 5.57. The molecule has 0 amide bonds. The number of hydrogen-bond donors (Lipinski definition) is 0. The number of para-hydroxylation sites is 1. The zero-order valence-electron chi connectivity index (χ0n) is 12.2. The van der Waals surface area contributed by atoms with Gasteiger partial charge in [0.25, 0.3) is 0 Å². The van der Waals surface area contributed by atoms with Gasteiger partial charge in [0.15, 0.2) is 0 Å². The highest BCUT2D eigenvalue weighted by molar-refractivity contribution is 9.10. The number of aryl methyl sites for hydroxylation is 1. The summed E-state index contributed by atoms with van der Waals surface area (Å²) >= 11 is 3.73. The average molecular weight is 346 g/mol. The highest BCUT2D eigenvalue weighted by Crippen LogP contribution is 2.45. The molecule has 0 radical (unpaired) electrons. The summed E-state index contributed by atoms with van der Waals surface area (Å²) in [7, 11) is 5.40. The van der Waals surface area contributed by atoms with Gasteiger partial charge in [0.05, 0.1) is 29.9 Å². The van der Waals surface area contributed by atoms with Crippen molar-refractivity contribution in [1.29, 1.82) is 0 Å². The van der Waals surface area contributed by atoms with Crippen LogP contribution in [0.25, 0.3) is 22.2 Å². The Morgan fingerprint density at radius 1 is 0.905 bits per heavy atom. The van der Waals surface area contributed by atoms with Crippen LogP contribution in [-0.2, 0) is 7.05 Å². The molecule has 0 unspecified atom stereocenters. The molecule has 2 aromatic carbocycles. The van der Waals surface area contributed by atoms with Gasteiger partial charge in [-0.1, -0.05) is 24.3 Å². The minimum absolute atomic E-state index is 0.793. The zero-order valence-corrected chi connectivity index (χ0v) is 13.8. The van der Waals surface area contributed by atoms with Gasteiger partial charge in [-0.15, -0.1) is 0 Å². The quantitative estimate of drug-likeness (QED) is 0.691. The summed E-state index contributed by atoms with van der Waals surface area (Å²) in [5.41, 5.74) is 3.16. The average Bonchev–Trinajstić information content (AvgIpc) is 2.78. The monoisotopic (exact) mass is 345 g/mol. The lowest BCUT2D eigenvalue weighted by atomic mass is 10.1. The van der Waals surface area contributed by atoms with Gasteiger partial charge in [-0.2, -0.15) is 0 Å². The van der Waals surface area contributed by atoms with Gasteiger partial charge >= 0.3 is 0 Å². The van der Waals surface area contributed by atoms with Crippen molar-refractivity contribution in [1.82, 2.24) is 4.57 Å². The molecule has 0 bridgehead atoms. The summed E-state index contributed by atoms with van der Waals surface area (Å²) in [5.74, 6) is 1.59. The van der Waals surface area contributed by atoms with Crippen molar-refractivity contribution in [3.8, 4) is 22.8 Å². The molecule has 3 nitrogen and oxygen atoms in total. The van der Waals surface area contributed by atoms with Crippen molar-refractivity contribution < 1.29 is 9.47 Å². The lowest BCUT2D eigenvalue weighted by Gasteiger charge is -2.14. The molecule has 0 spiro atoms. The number of benzene rings is 2. The third-order valence-electron chi connectivity index (χ3n) is 3.71. The number of ether oxygens (including phenoxy) is 2. The minimum Gasteiger partial charge on any atom is -0.496 e. The van der Waals surface area contributed by atoms with E-state index >= 15 is 0 Å². The van der Waals surface area contributed by atoms with Crippen LogP contribution in [0.1, 0.15) is 0 Å². The Morgan fingerprint density at radius 3 is 2.10 bits per heavy atom. The maximum Gasteiger partial charge on any atom is 0.131 e. The summed E-state index contributed by atoms with van der Waals surface area (Å²) in [6.07, 6.45) is 0. The number of nitrogens with zero attached hydrogens (tertiary/aromatic N) is 1. The Kier molecular flexibility index (Phi) is 3.64. The second kappa shape index (κ2) is 5.45. The summed E-state index contributed by atoms with van der Waals surface area (Å²) in [6, 6.07) is 14.1. The van der Waals surface area contributed by atoms with E-state index < -0.39 is 0 Å². The van der Waals surface area contributed by atoms with Gasteiger partial charge in [0.1, 0.15) is 11.5 Å². The third-order valence-corrected chi connectivity index (χ3v) is 4.51. The molecule has 0 N–H and O–H groups in total. The maximum atomic E-state index is 5.53. The van der Waals surface area contributed by atoms with Gasteiger partial charge < -0.3 is 14.0 Å². The third kappa shape index (κ3) is 2.10. The van der Waals surface area contributed by atoms with Gasteiger partial charge in [-0.25, -0.2) is 0 Å². The smallest absolute Gasteiger partial charge is 0.131 e. The molecule has 0 aliphatic heterocycles. The molecule has 0 atom stereocenters. The predicted octanol–water partition coefficient (Wildman–Crippen LogP) is 4.63. The molecule has 3 rings (SSSR count). The van der Waals surface area contributed by atoms with E-state index in [-0.39, 0.29) is 0 Å². The minimum atomic E-state index is 0.793. The number of methoxy groups -OCH3 is 2. The molecule has 1 heterocycles. The molecule has 0 fully saturated rings. The van der Waals surface area contributed by atoms with E-state index in [1.807, 2.05) is 37.4 Å². The van der Waals surface area contributed by atoms with Crippen molar-refractivity contribution in [2.24, 2.45) is 7.05 Å². The second-order valence-electron chi connectivity index (χ2n) is 4.78. The van der Waals surface area contributed by atoms with Crippen LogP contribution in [0.15, 0.2) is 46.9 Å². The summed E-state index contributed by atoms with van der Waals surface area (Å²) in [5, 5.41) is 1.17. The zero-order chi connectivity index (χ0) is 15.0.